The summed E-state index contributed by atoms with van der Waals surface area (Å²) in [6, 6.07) is 20.2. The molecule has 106 valence electrons. The van der Waals surface area contributed by atoms with Crippen molar-refractivity contribution in [3.05, 3.63) is 76.3 Å². The second-order valence-corrected chi connectivity index (χ2v) is 6.19. The fourth-order valence-corrected chi connectivity index (χ4v) is 3.18. The highest BCUT2D eigenvalue weighted by molar-refractivity contribution is 9.10. The van der Waals surface area contributed by atoms with Crippen LogP contribution in [-0.2, 0) is 4.79 Å². The highest BCUT2D eigenvalue weighted by Gasteiger charge is 2.24. The quantitative estimate of drug-likeness (QED) is 0.612. The molecule has 1 aromatic carbocycles. The topological polar surface area (TPSA) is 29.1 Å². The predicted molar refractivity (Wildman–Crippen MR) is 93.7 cm³/mol. The van der Waals surface area contributed by atoms with Crippen LogP contribution in [0.1, 0.15) is 11.1 Å². The van der Waals surface area contributed by atoms with Crippen molar-refractivity contribution in [3.8, 4) is 11.1 Å². The predicted octanol–water partition coefficient (Wildman–Crippen LogP) is 5.05. The lowest BCUT2D eigenvalue weighted by Crippen LogP contribution is -2.03. The molecule has 1 N–H and O–H groups in total. The summed E-state index contributed by atoms with van der Waals surface area (Å²) in [5.41, 5.74) is 5.88. The van der Waals surface area contributed by atoms with E-state index in [9.17, 15) is 4.79 Å². The van der Waals surface area contributed by atoms with Gasteiger partial charge in [-0.15, -0.1) is 0 Å². The molecule has 0 bridgehead atoms. The van der Waals surface area contributed by atoms with Crippen molar-refractivity contribution in [2.45, 2.75) is 0 Å². The van der Waals surface area contributed by atoms with Gasteiger partial charge in [0, 0.05) is 21.3 Å². The average Bonchev–Trinajstić information content (AvgIpc) is 2.91. The molecule has 0 unspecified atom stereocenters. The average molecular weight is 350 g/mol. The normalized spacial score (nSPS) is 15.1. The summed E-state index contributed by atoms with van der Waals surface area (Å²) in [5.74, 6) is -0.0530. The summed E-state index contributed by atoms with van der Waals surface area (Å²) in [4.78, 5) is 12.3. The van der Waals surface area contributed by atoms with Crippen molar-refractivity contribution in [1.29, 1.82) is 0 Å². The maximum atomic E-state index is 12.3. The number of rotatable bonds is 1. The Morgan fingerprint density at radius 2 is 1.77 bits per heavy atom. The monoisotopic (exact) mass is 349 g/mol. The number of carbonyl (C=O) groups excluding carboxylic acids is 1. The molecule has 0 spiro atoms. The molecule has 2 nitrogen and oxygen atoms in total. The Bertz CT molecular complexity index is 898. The highest BCUT2D eigenvalue weighted by atomic mass is 79.9. The van der Waals surface area contributed by atoms with Gasteiger partial charge in [-0.05, 0) is 41.0 Å². The number of fused-ring (bicyclic) bond motifs is 2. The van der Waals surface area contributed by atoms with Crippen LogP contribution in [0.4, 0.5) is 5.69 Å². The molecule has 0 aromatic heterocycles. The summed E-state index contributed by atoms with van der Waals surface area (Å²) in [7, 11) is 0. The maximum absolute atomic E-state index is 12.3. The fourth-order valence-electron chi connectivity index (χ4n) is 2.82. The van der Waals surface area contributed by atoms with Crippen molar-refractivity contribution in [3.63, 3.8) is 0 Å². The van der Waals surface area contributed by atoms with Gasteiger partial charge >= 0.3 is 0 Å². The van der Waals surface area contributed by atoms with E-state index in [-0.39, 0.29) is 5.91 Å². The van der Waals surface area contributed by atoms with E-state index in [1.165, 1.54) is 5.56 Å². The van der Waals surface area contributed by atoms with Gasteiger partial charge in [0.1, 0.15) is 0 Å². The lowest BCUT2D eigenvalue weighted by molar-refractivity contribution is -0.110. The number of halogens is 1. The number of carbonyl (C=O) groups is 1. The van der Waals surface area contributed by atoms with Gasteiger partial charge in [-0.1, -0.05) is 58.4 Å². The van der Waals surface area contributed by atoms with E-state index in [2.05, 4.69) is 45.5 Å². The van der Waals surface area contributed by atoms with Crippen LogP contribution in [0.15, 0.2) is 65.1 Å². The zero-order chi connectivity index (χ0) is 15.1. The summed E-state index contributed by atoms with van der Waals surface area (Å²) < 4.78 is 0.965. The van der Waals surface area contributed by atoms with Crippen molar-refractivity contribution in [1.82, 2.24) is 0 Å². The van der Waals surface area contributed by atoms with E-state index in [4.69, 9.17) is 0 Å². The highest BCUT2D eigenvalue weighted by Crippen LogP contribution is 2.37. The van der Waals surface area contributed by atoms with Crippen molar-refractivity contribution in [2.24, 2.45) is 0 Å². The standard InChI is InChI=1S/C19H12BrNO/c20-14-8-9-18-16(11-14)17(19(22)21-18)10-13-7-6-12-4-2-1-3-5-15(12)13/h1-11H,(H,21,22)/b17-10-. The van der Waals surface area contributed by atoms with Crippen LogP contribution in [0, 0.1) is 0 Å². The Kier molecular flexibility index (Phi) is 3.09. The Labute approximate surface area is 137 Å². The molecule has 4 rings (SSSR count). The molecular formula is C19H12BrNO. The third-order valence-corrected chi connectivity index (χ3v) is 4.38. The van der Waals surface area contributed by atoms with Gasteiger partial charge in [-0.2, -0.15) is 0 Å². The van der Waals surface area contributed by atoms with Gasteiger partial charge in [0.15, 0.2) is 0 Å². The molecular weight excluding hydrogens is 338 g/mol. The molecule has 0 saturated carbocycles. The number of amides is 1. The molecule has 2 aliphatic carbocycles. The van der Waals surface area contributed by atoms with Gasteiger partial charge in [0.25, 0.3) is 5.91 Å². The molecule has 0 atom stereocenters. The van der Waals surface area contributed by atoms with Gasteiger partial charge in [0.05, 0.1) is 0 Å². The molecule has 1 aromatic rings. The Morgan fingerprint density at radius 1 is 0.909 bits per heavy atom. The third kappa shape index (κ3) is 2.14. The van der Waals surface area contributed by atoms with Crippen molar-refractivity contribution in [2.75, 3.05) is 5.32 Å². The first-order valence-electron chi connectivity index (χ1n) is 7.03. The van der Waals surface area contributed by atoms with Crippen LogP contribution in [-0.4, -0.2) is 5.91 Å². The van der Waals surface area contributed by atoms with E-state index in [0.29, 0.717) is 5.57 Å². The van der Waals surface area contributed by atoms with Crippen LogP contribution in [0.5, 0.6) is 0 Å². The second kappa shape index (κ2) is 5.11. The first-order chi connectivity index (χ1) is 10.7. The van der Waals surface area contributed by atoms with Crippen LogP contribution in [0.2, 0.25) is 0 Å². The summed E-state index contributed by atoms with van der Waals surface area (Å²) in [6.45, 7) is 0. The van der Waals surface area contributed by atoms with E-state index < -0.39 is 0 Å². The fraction of sp³-hybridized carbons (Fsp3) is 0. The molecule has 0 fully saturated rings. The smallest absolute Gasteiger partial charge is 0.256 e. The Balaban J connectivity index is 1.87. The minimum atomic E-state index is -0.0530. The lowest BCUT2D eigenvalue weighted by atomic mass is 10.0. The lowest BCUT2D eigenvalue weighted by Gasteiger charge is -2.00. The largest absolute Gasteiger partial charge is 0.321 e. The first kappa shape index (κ1) is 13.3. The SMILES string of the molecule is O=C1Nc2ccc(Br)cc2/C1=C/c1ccc2cccccc1-2. The molecule has 22 heavy (non-hydrogen) atoms. The zero-order valence-electron chi connectivity index (χ0n) is 11.6. The second-order valence-electron chi connectivity index (χ2n) is 5.27. The third-order valence-electron chi connectivity index (χ3n) is 3.89. The molecule has 1 amide bonds. The Morgan fingerprint density at radius 3 is 2.68 bits per heavy atom. The Hall–Kier alpha value is -2.39. The summed E-state index contributed by atoms with van der Waals surface area (Å²) in [5, 5.41) is 2.91. The molecule has 3 aliphatic rings. The van der Waals surface area contributed by atoms with E-state index >= 15 is 0 Å². The molecule has 0 radical (unpaired) electrons. The zero-order valence-corrected chi connectivity index (χ0v) is 13.2. The van der Waals surface area contributed by atoms with E-state index in [0.717, 1.165) is 26.9 Å². The number of hydrogen-bond donors (Lipinski definition) is 1. The van der Waals surface area contributed by atoms with E-state index in [1.807, 2.05) is 42.5 Å². The van der Waals surface area contributed by atoms with Crippen LogP contribution in [0.25, 0.3) is 22.8 Å². The van der Waals surface area contributed by atoms with Gasteiger partial charge in [0.2, 0.25) is 0 Å². The molecule has 1 aliphatic heterocycles. The van der Waals surface area contributed by atoms with Gasteiger partial charge < -0.3 is 5.32 Å². The summed E-state index contributed by atoms with van der Waals surface area (Å²) >= 11 is 3.47. The first-order valence-corrected chi connectivity index (χ1v) is 7.82. The molecule has 1 heterocycles. The number of nitrogens with one attached hydrogen (secondary N) is 1. The number of anilines is 1. The maximum Gasteiger partial charge on any atom is 0.256 e. The number of hydrogen-bond acceptors (Lipinski definition) is 1. The van der Waals surface area contributed by atoms with Crippen LogP contribution >= 0.6 is 15.9 Å². The van der Waals surface area contributed by atoms with Crippen molar-refractivity contribution >= 4 is 39.2 Å². The van der Waals surface area contributed by atoms with Gasteiger partial charge in [-0.25, -0.2) is 0 Å². The number of benzene rings is 1. The minimum Gasteiger partial charge on any atom is -0.321 e. The summed E-state index contributed by atoms with van der Waals surface area (Å²) in [6.07, 6.45) is 1.97. The van der Waals surface area contributed by atoms with Crippen LogP contribution in [0.3, 0.4) is 0 Å². The molecule has 0 saturated heterocycles. The minimum absolute atomic E-state index is 0.0530. The molecule has 3 heteroatoms. The van der Waals surface area contributed by atoms with Crippen molar-refractivity contribution < 1.29 is 4.79 Å². The van der Waals surface area contributed by atoms with Gasteiger partial charge in [-0.3, -0.25) is 4.79 Å². The van der Waals surface area contributed by atoms with Crippen LogP contribution < -0.4 is 5.32 Å². The van der Waals surface area contributed by atoms with E-state index in [1.54, 1.807) is 0 Å².